The first-order valence-corrected chi connectivity index (χ1v) is 30.6. The Morgan fingerprint density at radius 2 is 1.57 bits per heavy atom. The molecule has 462 valence electrons. The maximum absolute atomic E-state index is 14.4. The minimum Gasteiger partial charge on any atom is -0.481 e. The number of benzene rings is 4. The van der Waals surface area contributed by atoms with E-state index in [4.69, 9.17) is 32.4 Å². The smallest absolute Gasteiger partial charge is 0.355 e. The second-order valence-electron chi connectivity index (χ2n) is 21.8. The number of hydrogen-bond acceptors (Lipinski definition) is 15. The molecule has 5 heterocycles. The molecule has 88 heavy (non-hydrogen) atoms. The highest BCUT2D eigenvalue weighted by Crippen LogP contribution is 2.41. The number of amides is 6. The molecule has 5 atom stereocenters. The van der Waals surface area contributed by atoms with Crippen LogP contribution in [0.15, 0.2) is 119 Å². The van der Waals surface area contributed by atoms with E-state index in [1.54, 1.807) is 43.5 Å². The van der Waals surface area contributed by atoms with Gasteiger partial charge in [-0.25, -0.2) is 32.6 Å². The van der Waals surface area contributed by atoms with Crippen LogP contribution in [-0.2, 0) is 62.2 Å². The quantitative estimate of drug-likeness (QED) is 0.0269. The van der Waals surface area contributed by atoms with Crippen LogP contribution in [0, 0.1) is 5.92 Å². The van der Waals surface area contributed by atoms with Crippen LogP contribution in [0.4, 0.5) is 32.3 Å². The molecule has 0 saturated carbocycles. The van der Waals surface area contributed by atoms with E-state index in [9.17, 15) is 51.9 Å². The molecule has 1 unspecified atom stereocenters. The van der Waals surface area contributed by atoms with E-state index < -0.39 is 99.5 Å². The molecule has 0 spiro atoms. The number of cyclic esters (lactones) is 1. The number of nitrogens with one attached hydrogen (secondary N) is 8. The summed E-state index contributed by atoms with van der Waals surface area (Å²) in [5.74, 6) is -4.73. The van der Waals surface area contributed by atoms with E-state index in [-0.39, 0.29) is 83.6 Å². The van der Waals surface area contributed by atoms with E-state index in [0.29, 0.717) is 42.1 Å². The summed E-state index contributed by atoms with van der Waals surface area (Å²) in [4.78, 5) is 115. The van der Waals surface area contributed by atoms with E-state index in [1.807, 2.05) is 37.3 Å². The Labute approximate surface area is 511 Å². The SMILES string of the molecule is CCCNC(=O)Nc1cccc(S(=O)(=O)Nc2cccc(C(CC(=O)O)NC(=O)Nc3ccc(NC(=S)N[C@@H](CCN)C(=O)N4CCC[C@H]4C(=O)N[C@H](C(=O)O[C@]4(CC)C(=O)OCc5c4cc4n(c5=O)Cc5cc6ccccc6nc5-4)C(C)C)cc3)c2)c1. The minimum atomic E-state index is -4.20. The minimum absolute atomic E-state index is 0.0285. The van der Waals surface area contributed by atoms with Crippen LogP contribution in [-0.4, -0.2) is 113 Å². The van der Waals surface area contributed by atoms with Gasteiger partial charge in [0.1, 0.15) is 24.7 Å². The average molecular weight is 1240 g/mol. The Bertz CT molecular complexity index is 3900. The zero-order chi connectivity index (χ0) is 63.0. The Hall–Kier alpha value is -9.47. The van der Waals surface area contributed by atoms with Gasteiger partial charge in [0.15, 0.2) is 5.11 Å². The Kier molecular flexibility index (Phi) is 19.4. The van der Waals surface area contributed by atoms with E-state index in [2.05, 4.69) is 41.9 Å². The number of thiocarbonyl (C=S) groups is 1. The number of likely N-dealkylation sites (tertiary alicyclic amines) is 1. The van der Waals surface area contributed by atoms with Crippen LogP contribution in [0.3, 0.4) is 0 Å². The van der Waals surface area contributed by atoms with Gasteiger partial charge in [0.25, 0.3) is 15.6 Å². The van der Waals surface area contributed by atoms with Crippen LogP contribution in [0.5, 0.6) is 0 Å². The lowest BCUT2D eigenvalue weighted by atomic mass is 9.85. The number of carbonyl (C=O) groups excluding carboxylic acids is 6. The van der Waals surface area contributed by atoms with Crippen LogP contribution in [0.1, 0.15) is 94.5 Å². The summed E-state index contributed by atoms with van der Waals surface area (Å²) in [5, 5.41) is 30.1. The van der Waals surface area contributed by atoms with Crippen molar-refractivity contribution in [2.75, 3.05) is 40.3 Å². The fraction of sp³-hybridized carbons (Fsp3) is 0.344. The van der Waals surface area contributed by atoms with Crippen molar-refractivity contribution in [3.8, 4) is 11.4 Å². The molecule has 9 rings (SSSR count). The Morgan fingerprint density at radius 3 is 2.28 bits per heavy atom. The zero-order valence-corrected chi connectivity index (χ0v) is 50.3. The normalized spacial score (nSPS) is 16.8. The molecule has 0 radical (unpaired) electrons. The molecule has 1 fully saturated rings. The highest BCUT2D eigenvalue weighted by atomic mass is 32.2. The van der Waals surface area contributed by atoms with Crippen molar-refractivity contribution < 1.29 is 56.6 Å². The van der Waals surface area contributed by atoms with Gasteiger partial charge in [-0.2, -0.15) is 0 Å². The van der Waals surface area contributed by atoms with Gasteiger partial charge in [0, 0.05) is 52.4 Å². The van der Waals surface area contributed by atoms with Crippen molar-refractivity contribution in [2.24, 2.45) is 11.7 Å². The predicted molar refractivity (Wildman–Crippen MR) is 331 cm³/mol. The molecular weight excluding hydrogens is 1170 g/mol. The van der Waals surface area contributed by atoms with Crippen LogP contribution in [0.2, 0.25) is 0 Å². The summed E-state index contributed by atoms with van der Waals surface area (Å²) < 4.78 is 42.6. The third-order valence-electron chi connectivity index (χ3n) is 15.3. The number of pyridine rings is 2. The number of anilines is 4. The first-order chi connectivity index (χ1) is 42.1. The fourth-order valence-electron chi connectivity index (χ4n) is 10.9. The summed E-state index contributed by atoms with van der Waals surface area (Å²) in [5.41, 5.74) is 7.79. The number of ether oxygens (including phenoxy) is 2. The number of hydrogen-bond donors (Lipinski definition) is 10. The monoisotopic (exact) mass is 1240 g/mol. The number of nitrogens with zero attached hydrogens (tertiary/aromatic N) is 3. The van der Waals surface area contributed by atoms with Gasteiger partial charge in [0.2, 0.25) is 17.4 Å². The second kappa shape index (κ2) is 27.1. The van der Waals surface area contributed by atoms with E-state index in [1.165, 1.54) is 65.6 Å². The largest absolute Gasteiger partial charge is 0.481 e. The number of carboxylic acid groups (broad SMARTS) is 1. The number of nitrogens with two attached hydrogens (primary N) is 1. The summed E-state index contributed by atoms with van der Waals surface area (Å²) in [6.45, 7) is 7.53. The van der Waals surface area contributed by atoms with Gasteiger partial charge < -0.3 is 67.0 Å². The lowest BCUT2D eigenvalue weighted by molar-refractivity contribution is -0.191. The first kappa shape index (κ1) is 63.0. The lowest BCUT2D eigenvalue weighted by Crippen LogP contribution is -2.57. The summed E-state index contributed by atoms with van der Waals surface area (Å²) in [6, 6.07) is 23.3. The number of urea groups is 2. The molecule has 4 aromatic carbocycles. The molecule has 6 aromatic rings. The van der Waals surface area contributed by atoms with Gasteiger partial charge in [-0.1, -0.05) is 64.1 Å². The van der Waals surface area contributed by atoms with Crippen molar-refractivity contribution in [2.45, 2.75) is 114 Å². The van der Waals surface area contributed by atoms with Crippen LogP contribution >= 0.6 is 12.2 Å². The van der Waals surface area contributed by atoms with Gasteiger partial charge in [-0.3, -0.25) is 23.9 Å². The molecule has 2 aromatic heterocycles. The molecule has 0 bridgehead atoms. The Morgan fingerprint density at radius 1 is 0.852 bits per heavy atom. The summed E-state index contributed by atoms with van der Waals surface area (Å²) in [7, 11) is -4.20. The van der Waals surface area contributed by atoms with Crippen LogP contribution < -0.4 is 53.2 Å². The van der Waals surface area contributed by atoms with Crippen LogP contribution in [0.25, 0.3) is 22.3 Å². The molecule has 11 N–H and O–H groups in total. The van der Waals surface area contributed by atoms with Gasteiger partial charge in [-0.15, -0.1) is 0 Å². The van der Waals surface area contributed by atoms with E-state index >= 15 is 0 Å². The fourth-order valence-corrected chi connectivity index (χ4v) is 12.2. The van der Waals surface area contributed by atoms with Crippen molar-refractivity contribution in [3.63, 3.8) is 0 Å². The second-order valence-corrected chi connectivity index (χ2v) is 23.9. The van der Waals surface area contributed by atoms with E-state index in [0.717, 1.165) is 16.5 Å². The summed E-state index contributed by atoms with van der Waals surface area (Å²) >= 11 is 5.62. The Balaban J connectivity index is 0.804. The number of rotatable bonds is 22. The molecular formula is C61H68N12O13S2. The molecule has 6 amide bonds. The number of aromatic nitrogens is 2. The number of fused-ring (bicyclic) bond motifs is 5. The molecule has 3 aliphatic heterocycles. The first-order valence-electron chi connectivity index (χ1n) is 28.7. The number of esters is 2. The van der Waals surface area contributed by atoms with Crippen molar-refractivity contribution in [1.29, 1.82) is 0 Å². The molecule has 3 aliphatic rings. The highest BCUT2D eigenvalue weighted by Gasteiger charge is 2.52. The zero-order valence-electron chi connectivity index (χ0n) is 48.6. The van der Waals surface area contributed by atoms with Crippen molar-refractivity contribution >= 4 is 103 Å². The molecule has 1 saturated heterocycles. The molecule has 27 heteroatoms. The molecule has 25 nitrogen and oxygen atoms in total. The number of carbonyl (C=O) groups is 7. The maximum atomic E-state index is 14.4. The average Bonchev–Trinajstić information content (AvgIpc) is 1.40. The molecule has 0 aliphatic carbocycles. The maximum Gasteiger partial charge on any atom is 0.355 e. The van der Waals surface area contributed by atoms with Gasteiger partial charge >= 0.3 is 30.0 Å². The van der Waals surface area contributed by atoms with Crippen molar-refractivity contribution in [3.05, 3.63) is 142 Å². The number of sulfonamides is 1. The number of aliphatic carboxylic acids is 1. The highest BCUT2D eigenvalue weighted by molar-refractivity contribution is 7.92. The van der Waals surface area contributed by atoms with Gasteiger partial charge in [0.05, 0.1) is 46.4 Å². The van der Waals surface area contributed by atoms with Gasteiger partial charge in [-0.05, 0) is 135 Å². The number of carboxylic acids is 1. The standard InChI is InChI=1S/C61H68N12O13S2/c1-5-25-63-58(81)65-40-14-10-16-42(29-40)88(83,84)71-41-15-9-13-36(28-41)47(31-50(74)75)68-59(82)64-38-19-21-39(22-20-38)66-60(87)69-46(23-24-62)55(78)72-26-11-18-48(72)53(76)70-51(34(3)4)56(79)86-61(6-2)44-30-49-52-37(27-35-12-7-8-17-45(35)67-52)32-73(49)54(77)43(44)33-85-57(61)80/h7-10,12-17,19-22,27-30,34,46-48,51,71H,5-6,11,18,23-26,31-33,62H2,1-4H3,(H,70,76)(H,74,75)(H2,63,65,81)(H2,64,68,82)(H2,66,69,87)/t46-,47?,48-,51-,61-/m0/s1. The summed E-state index contributed by atoms with van der Waals surface area (Å²) in [6.07, 6.45) is 0.891. The van der Waals surface area contributed by atoms with Crippen molar-refractivity contribution in [1.82, 2.24) is 35.7 Å². The predicted octanol–water partition coefficient (Wildman–Crippen LogP) is 6.14. The lowest BCUT2D eigenvalue weighted by Gasteiger charge is -2.37. The number of para-hydroxylation sites is 1. The third kappa shape index (κ3) is 14.0. The third-order valence-corrected chi connectivity index (χ3v) is 16.9. The topological polar surface area (TPSA) is 353 Å².